The lowest BCUT2D eigenvalue weighted by atomic mass is 10.2. The van der Waals surface area contributed by atoms with Crippen LogP contribution in [0.15, 0.2) is 59.5 Å². The molecule has 0 aliphatic carbocycles. The highest BCUT2D eigenvalue weighted by Gasteiger charge is 2.07. The summed E-state index contributed by atoms with van der Waals surface area (Å²) >= 11 is 1.66. The summed E-state index contributed by atoms with van der Waals surface area (Å²) in [6.07, 6.45) is 5.08. The van der Waals surface area contributed by atoms with Crippen LogP contribution in [0.1, 0.15) is 15.9 Å². The van der Waals surface area contributed by atoms with E-state index in [9.17, 15) is 9.59 Å². The van der Waals surface area contributed by atoms with Gasteiger partial charge in [0.15, 0.2) is 0 Å². The molecule has 0 saturated heterocycles. The Kier molecular flexibility index (Phi) is 6.65. The van der Waals surface area contributed by atoms with Gasteiger partial charge in [0, 0.05) is 36.3 Å². The molecular formula is C19H21N3O2S. The summed E-state index contributed by atoms with van der Waals surface area (Å²) in [6, 6.07) is 15.0. The number of anilines is 1. The van der Waals surface area contributed by atoms with Crippen molar-refractivity contribution in [2.75, 3.05) is 25.3 Å². The minimum absolute atomic E-state index is 0.366. The van der Waals surface area contributed by atoms with E-state index in [0.29, 0.717) is 5.56 Å². The van der Waals surface area contributed by atoms with Crippen LogP contribution in [0, 0.1) is 0 Å². The third-order valence-corrected chi connectivity index (χ3v) is 4.21. The van der Waals surface area contributed by atoms with Crippen molar-refractivity contribution in [3.8, 4) is 0 Å². The number of carbonyl (C=O) groups is 2. The zero-order chi connectivity index (χ0) is 18.2. The van der Waals surface area contributed by atoms with Gasteiger partial charge in [0.2, 0.25) is 0 Å². The Labute approximate surface area is 152 Å². The first-order valence-electron chi connectivity index (χ1n) is 7.69. The van der Waals surface area contributed by atoms with Gasteiger partial charge in [0.1, 0.15) is 0 Å². The third-order valence-electron chi connectivity index (χ3n) is 3.47. The predicted molar refractivity (Wildman–Crippen MR) is 104 cm³/mol. The molecule has 0 heterocycles. The molecule has 0 fully saturated rings. The molecular weight excluding hydrogens is 334 g/mol. The van der Waals surface area contributed by atoms with Crippen molar-refractivity contribution in [1.29, 1.82) is 0 Å². The van der Waals surface area contributed by atoms with Crippen molar-refractivity contribution in [2.45, 2.75) is 4.90 Å². The van der Waals surface area contributed by atoms with E-state index in [1.807, 2.05) is 55.6 Å². The Hall–Kier alpha value is -2.73. The molecule has 0 unspecified atom stereocenters. The van der Waals surface area contributed by atoms with Gasteiger partial charge in [-0.15, -0.1) is 11.8 Å². The first kappa shape index (κ1) is 18.6. The molecule has 6 heteroatoms. The molecule has 2 aromatic carbocycles. The Balaban J connectivity index is 1.89. The van der Waals surface area contributed by atoms with Gasteiger partial charge in [-0.05, 0) is 48.2 Å². The van der Waals surface area contributed by atoms with Gasteiger partial charge in [0.25, 0.3) is 11.8 Å². The lowest BCUT2D eigenvalue weighted by molar-refractivity contribution is -0.117. The van der Waals surface area contributed by atoms with E-state index in [2.05, 4.69) is 10.9 Å². The van der Waals surface area contributed by atoms with Crippen molar-refractivity contribution < 1.29 is 9.59 Å². The van der Waals surface area contributed by atoms with Crippen LogP contribution in [0.5, 0.6) is 0 Å². The molecule has 5 nitrogen and oxygen atoms in total. The van der Waals surface area contributed by atoms with Gasteiger partial charge in [-0.1, -0.05) is 18.2 Å². The van der Waals surface area contributed by atoms with E-state index in [4.69, 9.17) is 0 Å². The number of nitrogens with zero attached hydrogens (tertiary/aromatic N) is 1. The SMILES string of the molecule is CSc1ccc(/C=C/C(=O)NNC(=O)c2cccc(N(C)C)c2)cc1. The first-order chi connectivity index (χ1) is 12.0. The number of benzene rings is 2. The van der Waals surface area contributed by atoms with Gasteiger partial charge in [-0.2, -0.15) is 0 Å². The van der Waals surface area contributed by atoms with E-state index in [-0.39, 0.29) is 5.91 Å². The van der Waals surface area contributed by atoms with Crippen molar-refractivity contribution in [2.24, 2.45) is 0 Å². The minimum atomic E-state index is -0.397. The molecule has 0 radical (unpaired) electrons. The molecule has 0 aliphatic heterocycles. The van der Waals surface area contributed by atoms with E-state index in [1.54, 1.807) is 36.0 Å². The molecule has 2 amide bonds. The van der Waals surface area contributed by atoms with Crippen molar-refractivity contribution in [3.05, 3.63) is 65.7 Å². The summed E-state index contributed by atoms with van der Waals surface area (Å²) in [5, 5.41) is 0. The molecule has 0 atom stereocenters. The number of hydrogen-bond donors (Lipinski definition) is 2. The zero-order valence-corrected chi connectivity index (χ0v) is 15.3. The molecule has 0 aliphatic rings. The smallest absolute Gasteiger partial charge is 0.269 e. The maximum absolute atomic E-state index is 12.1. The Morgan fingerprint density at radius 1 is 1.04 bits per heavy atom. The molecule has 0 spiro atoms. The maximum atomic E-state index is 12.1. The average Bonchev–Trinajstić information content (AvgIpc) is 2.64. The van der Waals surface area contributed by atoms with E-state index < -0.39 is 5.91 Å². The highest BCUT2D eigenvalue weighted by Crippen LogP contribution is 2.15. The van der Waals surface area contributed by atoms with Crippen LogP contribution in [-0.2, 0) is 4.79 Å². The maximum Gasteiger partial charge on any atom is 0.269 e. The lowest BCUT2D eigenvalue weighted by Gasteiger charge is -2.13. The molecule has 25 heavy (non-hydrogen) atoms. The fourth-order valence-corrected chi connectivity index (χ4v) is 2.45. The van der Waals surface area contributed by atoms with E-state index in [0.717, 1.165) is 16.1 Å². The van der Waals surface area contributed by atoms with Crippen LogP contribution >= 0.6 is 11.8 Å². The normalized spacial score (nSPS) is 10.5. The summed E-state index contributed by atoms with van der Waals surface area (Å²) in [5.74, 6) is -0.763. The monoisotopic (exact) mass is 355 g/mol. The van der Waals surface area contributed by atoms with Crippen molar-refractivity contribution in [1.82, 2.24) is 10.9 Å². The number of amides is 2. The zero-order valence-electron chi connectivity index (χ0n) is 14.4. The number of nitrogens with one attached hydrogen (secondary N) is 2. The Morgan fingerprint density at radius 3 is 2.40 bits per heavy atom. The minimum Gasteiger partial charge on any atom is -0.378 e. The van der Waals surface area contributed by atoms with Gasteiger partial charge >= 0.3 is 0 Å². The topological polar surface area (TPSA) is 61.4 Å². The summed E-state index contributed by atoms with van der Waals surface area (Å²) in [6.45, 7) is 0. The van der Waals surface area contributed by atoms with Crippen LogP contribution in [0.25, 0.3) is 6.08 Å². The Morgan fingerprint density at radius 2 is 1.76 bits per heavy atom. The second kappa shape index (κ2) is 8.94. The molecule has 2 N–H and O–H groups in total. The molecule has 2 aromatic rings. The van der Waals surface area contributed by atoms with Crippen LogP contribution in [0.4, 0.5) is 5.69 Å². The summed E-state index contributed by atoms with van der Waals surface area (Å²) in [5.41, 5.74) is 7.09. The fourth-order valence-electron chi connectivity index (χ4n) is 2.04. The average molecular weight is 355 g/mol. The number of carbonyl (C=O) groups excluding carboxylic acids is 2. The molecule has 0 aromatic heterocycles. The second-order valence-electron chi connectivity index (χ2n) is 5.49. The molecule has 130 valence electrons. The highest BCUT2D eigenvalue weighted by molar-refractivity contribution is 7.98. The summed E-state index contributed by atoms with van der Waals surface area (Å²) in [4.78, 5) is 27.0. The summed E-state index contributed by atoms with van der Waals surface area (Å²) in [7, 11) is 3.80. The second-order valence-corrected chi connectivity index (χ2v) is 6.37. The molecule has 0 bridgehead atoms. The fraction of sp³-hybridized carbons (Fsp3) is 0.158. The van der Waals surface area contributed by atoms with Crippen LogP contribution in [0.3, 0.4) is 0 Å². The van der Waals surface area contributed by atoms with Crippen LogP contribution in [0.2, 0.25) is 0 Å². The van der Waals surface area contributed by atoms with Gasteiger partial charge in [0.05, 0.1) is 0 Å². The van der Waals surface area contributed by atoms with Gasteiger partial charge in [-0.25, -0.2) is 0 Å². The first-order valence-corrected chi connectivity index (χ1v) is 8.92. The largest absolute Gasteiger partial charge is 0.378 e. The van der Waals surface area contributed by atoms with Crippen molar-refractivity contribution in [3.63, 3.8) is 0 Å². The van der Waals surface area contributed by atoms with Gasteiger partial charge in [-0.3, -0.25) is 20.4 Å². The number of rotatable bonds is 5. The number of hydrazine groups is 1. The lowest BCUT2D eigenvalue weighted by Crippen LogP contribution is -2.40. The summed E-state index contributed by atoms with van der Waals surface area (Å²) < 4.78 is 0. The standard InChI is InChI=1S/C19H21N3O2S/c1-22(2)16-6-4-5-15(13-16)19(24)21-20-18(23)12-9-14-7-10-17(25-3)11-8-14/h4-13H,1-3H3,(H,20,23)(H,21,24)/b12-9+. The quantitative estimate of drug-likeness (QED) is 0.492. The van der Waals surface area contributed by atoms with E-state index >= 15 is 0 Å². The van der Waals surface area contributed by atoms with Gasteiger partial charge < -0.3 is 4.90 Å². The third kappa shape index (κ3) is 5.69. The predicted octanol–water partition coefficient (Wildman–Crippen LogP) is 2.95. The number of thioether (sulfide) groups is 1. The van der Waals surface area contributed by atoms with Crippen molar-refractivity contribution >= 4 is 35.3 Å². The van der Waals surface area contributed by atoms with Crippen LogP contribution in [-0.4, -0.2) is 32.2 Å². The molecule has 0 saturated carbocycles. The van der Waals surface area contributed by atoms with Crippen LogP contribution < -0.4 is 15.8 Å². The highest BCUT2D eigenvalue weighted by atomic mass is 32.2. The Bertz CT molecular complexity index is 770. The number of hydrogen-bond acceptors (Lipinski definition) is 4. The van der Waals surface area contributed by atoms with E-state index in [1.165, 1.54) is 6.08 Å². The molecule has 2 rings (SSSR count).